The molecule has 0 aliphatic carbocycles. The number of carbonyl (C=O) groups is 1. The molecule has 1 aliphatic heterocycles. The van der Waals surface area contributed by atoms with Gasteiger partial charge in [0, 0.05) is 19.1 Å². The van der Waals surface area contributed by atoms with Crippen LogP contribution in [0, 0.1) is 13.8 Å². The van der Waals surface area contributed by atoms with E-state index >= 15 is 0 Å². The van der Waals surface area contributed by atoms with Crippen molar-refractivity contribution in [3.63, 3.8) is 0 Å². The van der Waals surface area contributed by atoms with Crippen LogP contribution in [0.15, 0.2) is 33.7 Å². The molecule has 3 rings (SSSR count). The van der Waals surface area contributed by atoms with Crippen molar-refractivity contribution >= 4 is 15.9 Å². The lowest BCUT2D eigenvalue weighted by atomic mass is 10.1. The van der Waals surface area contributed by atoms with Crippen molar-refractivity contribution < 1.29 is 22.5 Å². The summed E-state index contributed by atoms with van der Waals surface area (Å²) >= 11 is 0. The molecule has 1 amide bonds. The van der Waals surface area contributed by atoms with Gasteiger partial charge in [0.1, 0.15) is 16.3 Å². The number of hydrogen-bond acceptors (Lipinski definition) is 6. The number of hydrogen-bond donors (Lipinski definition) is 1. The number of sulfonamides is 1. The van der Waals surface area contributed by atoms with Gasteiger partial charge >= 0.3 is 0 Å². The Morgan fingerprint density at radius 3 is 2.45 bits per heavy atom. The van der Waals surface area contributed by atoms with Crippen LogP contribution in [0.1, 0.15) is 36.8 Å². The van der Waals surface area contributed by atoms with Crippen molar-refractivity contribution in [1.82, 2.24) is 14.8 Å². The summed E-state index contributed by atoms with van der Waals surface area (Å²) in [7, 11) is -3.64. The maximum absolute atomic E-state index is 12.9. The number of amides is 1. The normalized spacial score (nSPS) is 16.0. The fourth-order valence-electron chi connectivity index (χ4n) is 3.55. The third-order valence-electron chi connectivity index (χ3n) is 4.98. The average Bonchev–Trinajstić information content (AvgIpc) is 3.03. The van der Waals surface area contributed by atoms with Gasteiger partial charge in [-0.15, -0.1) is 0 Å². The van der Waals surface area contributed by atoms with Gasteiger partial charge in [-0.3, -0.25) is 4.79 Å². The van der Waals surface area contributed by atoms with E-state index in [0.717, 1.165) is 11.3 Å². The van der Waals surface area contributed by atoms with Crippen LogP contribution in [-0.2, 0) is 21.2 Å². The Labute approximate surface area is 171 Å². The predicted molar refractivity (Wildman–Crippen MR) is 107 cm³/mol. The summed E-state index contributed by atoms with van der Waals surface area (Å²) in [4.78, 5) is 12.5. The molecule has 0 atom stereocenters. The van der Waals surface area contributed by atoms with Crippen molar-refractivity contribution in [1.29, 1.82) is 0 Å². The van der Waals surface area contributed by atoms with E-state index in [1.807, 2.05) is 31.2 Å². The van der Waals surface area contributed by atoms with Crippen LogP contribution in [0.25, 0.3) is 0 Å². The molecule has 158 valence electrons. The lowest BCUT2D eigenvalue weighted by Crippen LogP contribution is -2.46. The minimum atomic E-state index is -3.64. The number of nitrogens with zero attached hydrogens (tertiary/aromatic N) is 2. The molecule has 0 unspecified atom stereocenters. The number of benzene rings is 1. The van der Waals surface area contributed by atoms with Crippen molar-refractivity contribution in [2.24, 2.45) is 0 Å². The standard InChI is InChI=1S/C20H27N3O5S/c1-4-27-18-7-5-16(6-8-18)13-19(24)21-17-9-11-23(12-10-17)29(25,26)20-14(2)22-28-15(20)3/h5-8,17H,4,9-13H2,1-3H3,(H,21,24). The Morgan fingerprint density at radius 2 is 1.90 bits per heavy atom. The first-order valence-electron chi connectivity index (χ1n) is 9.75. The molecule has 8 nitrogen and oxygen atoms in total. The number of aromatic nitrogens is 1. The van der Waals surface area contributed by atoms with E-state index in [-0.39, 0.29) is 23.3 Å². The second-order valence-electron chi connectivity index (χ2n) is 7.15. The van der Waals surface area contributed by atoms with Crippen molar-refractivity contribution in [2.75, 3.05) is 19.7 Å². The highest BCUT2D eigenvalue weighted by Gasteiger charge is 2.34. The number of nitrogens with one attached hydrogen (secondary N) is 1. The quantitative estimate of drug-likeness (QED) is 0.735. The third kappa shape index (κ3) is 4.97. The summed E-state index contributed by atoms with van der Waals surface area (Å²) < 4.78 is 37.6. The maximum Gasteiger partial charge on any atom is 0.248 e. The first-order chi connectivity index (χ1) is 13.8. The number of ether oxygens (including phenoxy) is 1. The Morgan fingerprint density at radius 1 is 1.24 bits per heavy atom. The average molecular weight is 422 g/mol. The number of carbonyl (C=O) groups excluding carboxylic acids is 1. The van der Waals surface area contributed by atoms with Gasteiger partial charge in [-0.25, -0.2) is 8.42 Å². The molecule has 9 heteroatoms. The zero-order valence-electron chi connectivity index (χ0n) is 17.0. The van der Waals surface area contributed by atoms with E-state index in [1.54, 1.807) is 13.8 Å². The highest BCUT2D eigenvalue weighted by atomic mass is 32.2. The molecule has 1 aliphatic rings. The van der Waals surface area contributed by atoms with Crippen LogP contribution in [-0.4, -0.2) is 49.5 Å². The van der Waals surface area contributed by atoms with Gasteiger partial charge in [-0.05, 0) is 51.3 Å². The molecule has 0 spiro atoms. The van der Waals surface area contributed by atoms with Crippen molar-refractivity contribution in [3.8, 4) is 5.75 Å². The summed E-state index contributed by atoms with van der Waals surface area (Å²) in [5.41, 5.74) is 1.28. The van der Waals surface area contributed by atoms with E-state index in [2.05, 4.69) is 10.5 Å². The van der Waals surface area contributed by atoms with Gasteiger partial charge in [-0.1, -0.05) is 17.3 Å². The molecule has 2 aromatic rings. The van der Waals surface area contributed by atoms with Gasteiger partial charge in [-0.2, -0.15) is 4.31 Å². The Bertz CT molecular complexity index is 925. The fraction of sp³-hybridized carbons (Fsp3) is 0.500. The molecule has 1 fully saturated rings. The molecule has 2 heterocycles. The first-order valence-corrected chi connectivity index (χ1v) is 11.2. The van der Waals surface area contributed by atoms with Gasteiger partial charge in [0.25, 0.3) is 0 Å². The van der Waals surface area contributed by atoms with E-state index in [9.17, 15) is 13.2 Å². The van der Waals surface area contributed by atoms with E-state index < -0.39 is 10.0 Å². The second kappa shape index (κ2) is 8.96. The SMILES string of the molecule is CCOc1ccc(CC(=O)NC2CCN(S(=O)(=O)c3c(C)noc3C)CC2)cc1. The lowest BCUT2D eigenvalue weighted by Gasteiger charge is -2.31. The minimum absolute atomic E-state index is 0.0404. The monoisotopic (exact) mass is 421 g/mol. The van der Waals surface area contributed by atoms with Gasteiger partial charge in [0.2, 0.25) is 15.9 Å². The lowest BCUT2D eigenvalue weighted by molar-refractivity contribution is -0.121. The summed E-state index contributed by atoms with van der Waals surface area (Å²) in [6, 6.07) is 7.42. The summed E-state index contributed by atoms with van der Waals surface area (Å²) in [5, 5.41) is 6.76. The van der Waals surface area contributed by atoms with Crippen LogP contribution in [0.3, 0.4) is 0 Å². The van der Waals surface area contributed by atoms with Crippen molar-refractivity contribution in [2.45, 2.75) is 51.0 Å². The molecular formula is C20H27N3O5S. The zero-order chi connectivity index (χ0) is 21.0. The van der Waals surface area contributed by atoms with E-state index in [4.69, 9.17) is 9.26 Å². The number of aryl methyl sites for hydroxylation is 2. The summed E-state index contributed by atoms with van der Waals surface area (Å²) in [5.74, 6) is 1.01. The van der Waals surface area contributed by atoms with Crippen LogP contribution in [0.5, 0.6) is 5.75 Å². The Kier molecular flexibility index (Phi) is 6.59. The molecule has 0 radical (unpaired) electrons. The van der Waals surface area contributed by atoms with Crippen LogP contribution >= 0.6 is 0 Å². The van der Waals surface area contributed by atoms with Crippen LogP contribution < -0.4 is 10.1 Å². The summed E-state index contributed by atoms with van der Waals surface area (Å²) in [6.07, 6.45) is 1.42. The topological polar surface area (TPSA) is 102 Å². The van der Waals surface area contributed by atoms with Gasteiger partial charge in [0.05, 0.1) is 13.0 Å². The molecule has 0 saturated carbocycles. The maximum atomic E-state index is 12.9. The molecule has 29 heavy (non-hydrogen) atoms. The minimum Gasteiger partial charge on any atom is -0.494 e. The highest BCUT2D eigenvalue weighted by Crippen LogP contribution is 2.26. The van der Waals surface area contributed by atoms with Crippen molar-refractivity contribution in [3.05, 3.63) is 41.3 Å². The fourth-order valence-corrected chi connectivity index (χ4v) is 5.31. The van der Waals surface area contributed by atoms with E-state index in [0.29, 0.717) is 44.0 Å². The van der Waals surface area contributed by atoms with Gasteiger partial charge in [0.15, 0.2) is 5.76 Å². The molecule has 0 bridgehead atoms. The predicted octanol–water partition coefficient (Wildman–Crippen LogP) is 2.20. The first kappa shape index (κ1) is 21.3. The second-order valence-corrected chi connectivity index (χ2v) is 9.03. The molecule has 1 N–H and O–H groups in total. The van der Waals surface area contributed by atoms with Gasteiger partial charge < -0.3 is 14.6 Å². The third-order valence-corrected chi connectivity index (χ3v) is 7.13. The molecule has 1 aromatic carbocycles. The smallest absolute Gasteiger partial charge is 0.248 e. The van der Waals surface area contributed by atoms with Crippen LogP contribution in [0.2, 0.25) is 0 Å². The Balaban J connectivity index is 1.52. The molecule has 1 saturated heterocycles. The largest absolute Gasteiger partial charge is 0.494 e. The highest BCUT2D eigenvalue weighted by molar-refractivity contribution is 7.89. The number of rotatable bonds is 7. The zero-order valence-corrected chi connectivity index (χ0v) is 17.8. The molecule has 1 aromatic heterocycles. The summed E-state index contributed by atoms with van der Waals surface area (Å²) in [6.45, 7) is 6.44. The van der Waals surface area contributed by atoms with Crippen LogP contribution in [0.4, 0.5) is 0 Å². The molecular weight excluding hydrogens is 394 g/mol. The number of piperidine rings is 1. The Hall–Kier alpha value is -2.39. The van der Waals surface area contributed by atoms with E-state index in [1.165, 1.54) is 4.31 Å².